The number of hydrogen-bond donors (Lipinski definition) is 2. The van der Waals surface area contributed by atoms with Crippen molar-refractivity contribution in [2.75, 3.05) is 0 Å². The third kappa shape index (κ3) is 10.5. The fourth-order valence-corrected chi connectivity index (χ4v) is 1.72. The van der Waals surface area contributed by atoms with Gasteiger partial charge in [-0.05, 0) is 52.6 Å². The van der Waals surface area contributed by atoms with Gasteiger partial charge in [-0.15, -0.1) is 0 Å². The molecule has 0 rings (SSSR count). The molecule has 0 aromatic heterocycles. The van der Waals surface area contributed by atoms with E-state index in [4.69, 9.17) is 0 Å². The summed E-state index contributed by atoms with van der Waals surface area (Å²) in [5.74, 6) is 0. The summed E-state index contributed by atoms with van der Waals surface area (Å²) in [6, 6.07) is 0. The van der Waals surface area contributed by atoms with E-state index in [1.165, 1.54) is 0 Å². The van der Waals surface area contributed by atoms with Gasteiger partial charge in [0.1, 0.15) is 0 Å². The van der Waals surface area contributed by atoms with E-state index in [1.54, 1.807) is 0 Å². The van der Waals surface area contributed by atoms with Crippen LogP contribution in [0.5, 0.6) is 0 Å². The third-order valence-corrected chi connectivity index (χ3v) is 3.71. The van der Waals surface area contributed by atoms with Crippen LogP contribution in [0, 0.1) is 0 Å². The predicted molar refractivity (Wildman–Crippen MR) is 52.9 cm³/mol. The lowest BCUT2D eigenvalue weighted by Crippen LogP contribution is -2.50. The van der Waals surface area contributed by atoms with Crippen LogP contribution in [-0.2, 0) is 0 Å². The van der Waals surface area contributed by atoms with Crippen molar-refractivity contribution in [3.63, 3.8) is 0 Å². The molecular formula is C8H21AlN2. The molecule has 0 spiro atoms. The average molecular weight is 172 g/mol. The molecule has 0 amide bonds. The maximum absolute atomic E-state index is 3.51. The monoisotopic (exact) mass is 172 g/mol. The van der Waals surface area contributed by atoms with Gasteiger partial charge in [-0.25, -0.2) is 0 Å². The van der Waals surface area contributed by atoms with Gasteiger partial charge in [0, 0.05) is 0 Å². The number of rotatable bonds is 2. The van der Waals surface area contributed by atoms with E-state index in [9.17, 15) is 0 Å². The lowest BCUT2D eigenvalue weighted by Gasteiger charge is -2.25. The van der Waals surface area contributed by atoms with Gasteiger partial charge in [0.15, 0.2) is 0 Å². The van der Waals surface area contributed by atoms with E-state index >= 15 is 0 Å². The Morgan fingerprint density at radius 1 is 0.727 bits per heavy atom. The standard InChI is InChI=1S/2C4H10N.Al.H/c2*1-4(2,3)5;;/h2*5H,1-3H3;;/q2*-1;+2;. The van der Waals surface area contributed by atoms with E-state index in [0.29, 0.717) is 0 Å². The molecular weight excluding hydrogens is 151 g/mol. The molecule has 0 aliphatic heterocycles. The van der Waals surface area contributed by atoms with Crippen molar-refractivity contribution in [3.8, 4) is 0 Å². The molecule has 2 N–H and O–H groups in total. The van der Waals surface area contributed by atoms with Crippen molar-refractivity contribution in [1.29, 1.82) is 0 Å². The summed E-state index contributed by atoms with van der Waals surface area (Å²) in [5.41, 5.74) is 0.537. The first-order valence-electron chi connectivity index (χ1n) is 4.21. The molecule has 0 aromatic carbocycles. The van der Waals surface area contributed by atoms with E-state index < -0.39 is 0 Å². The van der Waals surface area contributed by atoms with Crippen LogP contribution in [0.2, 0.25) is 0 Å². The Morgan fingerprint density at radius 2 is 1.00 bits per heavy atom. The van der Waals surface area contributed by atoms with Crippen molar-refractivity contribution in [3.05, 3.63) is 0 Å². The highest BCUT2D eigenvalue weighted by Crippen LogP contribution is 1.98. The Balaban J connectivity index is 3.44. The molecule has 66 valence electrons. The maximum Gasteiger partial charge on any atom is 0.458 e. The van der Waals surface area contributed by atoms with E-state index in [1.807, 2.05) is 0 Å². The smallest absolute Gasteiger partial charge is 0.384 e. The zero-order valence-electron chi connectivity index (χ0n) is 8.71. The van der Waals surface area contributed by atoms with E-state index in [0.717, 1.165) is 0 Å². The zero-order chi connectivity index (χ0) is 9.12. The van der Waals surface area contributed by atoms with Crippen molar-refractivity contribution in [2.24, 2.45) is 0 Å². The molecule has 0 fully saturated rings. The minimum atomic E-state index is -0.297. The molecule has 0 heterocycles. The van der Waals surface area contributed by atoms with Gasteiger partial charge in [-0.2, -0.15) is 0 Å². The number of hydrogen-bond acceptors (Lipinski definition) is 2. The van der Waals surface area contributed by atoms with E-state index in [2.05, 4.69) is 50.1 Å². The van der Waals surface area contributed by atoms with Crippen LogP contribution in [0.15, 0.2) is 0 Å². The molecule has 0 atom stereocenters. The topological polar surface area (TPSA) is 24.1 Å². The largest absolute Gasteiger partial charge is 0.458 e. The zero-order valence-corrected chi connectivity index (χ0v) is 10.1. The predicted octanol–water partition coefficient (Wildman–Crippen LogP) is 1.03. The highest BCUT2D eigenvalue weighted by Gasteiger charge is 2.14. The molecule has 0 aromatic rings. The van der Waals surface area contributed by atoms with Crippen molar-refractivity contribution in [2.45, 2.75) is 52.6 Å². The van der Waals surface area contributed by atoms with Crippen molar-refractivity contribution in [1.82, 2.24) is 8.60 Å². The van der Waals surface area contributed by atoms with Crippen LogP contribution in [0.4, 0.5) is 0 Å². The third-order valence-electron chi connectivity index (χ3n) is 1.24. The summed E-state index contributed by atoms with van der Waals surface area (Å²) in [6.45, 7) is 13.2. The first-order chi connectivity index (χ1) is 4.71. The second kappa shape index (κ2) is 3.91. The summed E-state index contributed by atoms with van der Waals surface area (Å²) < 4.78 is 7.01. The van der Waals surface area contributed by atoms with Crippen LogP contribution in [0.1, 0.15) is 41.5 Å². The second-order valence-corrected chi connectivity index (χ2v) is 6.09. The minimum Gasteiger partial charge on any atom is -0.384 e. The van der Waals surface area contributed by atoms with Crippen molar-refractivity contribution < 1.29 is 0 Å². The Labute approximate surface area is 77.3 Å². The summed E-state index contributed by atoms with van der Waals surface area (Å²) in [6.07, 6.45) is 0. The molecule has 0 aliphatic rings. The van der Waals surface area contributed by atoms with Gasteiger partial charge in [-0.1, -0.05) is 0 Å². The molecule has 0 aliphatic carbocycles. The van der Waals surface area contributed by atoms with Gasteiger partial charge in [0.05, 0.1) is 0 Å². The molecule has 0 saturated heterocycles. The van der Waals surface area contributed by atoms with Gasteiger partial charge in [-0.3, -0.25) is 0 Å². The Kier molecular flexibility index (Phi) is 4.07. The average Bonchev–Trinajstić information content (AvgIpc) is 1.55. The Morgan fingerprint density at radius 3 is 1.18 bits per heavy atom. The summed E-state index contributed by atoms with van der Waals surface area (Å²) in [4.78, 5) is 0. The molecule has 3 heteroatoms. The van der Waals surface area contributed by atoms with Crippen LogP contribution in [0.3, 0.4) is 0 Å². The first-order valence-corrected chi connectivity index (χ1v) is 5.62. The first kappa shape index (κ1) is 11.5. The fourth-order valence-electron chi connectivity index (χ4n) is 0.575. The lowest BCUT2D eigenvalue weighted by atomic mass is 10.1. The highest BCUT2D eigenvalue weighted by atomic mass is 27.1. The molecule has 0 saturated carbocycles. The van der Waals surface area contributed by atoms with Crippen LogP contribution in [0.25, 0.3) is 0 Å². The van der Waals surface area contributed by atoms with Crippen LogP contribution in [-0.4, -0.2) is 26.7 Å². The van der Waals surface area contributed by atoms with Gasteiger partial charge < -0.3 is 8.60 Å². The Hall–Kier alpha value is 0.452. The summed E-state index contributed by atoms with van der Waals surface area (Å²) >= 11 is -0.297. The second-order valence-electron chi connectivity index (χ2n) is 5.03. The minimum absolute atomic E-state index is 0.268. The Bertz CT molecular complexity index is 96.2. The maximum atomic E-state index is 3.51. The molecule has 0 bridgehead atoms. The van der Waals surface area contributed by atoms with Crippen LogP contribution >= 0.6 is 0 Å². The summed E-state index contributed by atoms with van der Waals surface area (Å²) in [7, 11) is 0. The quantitative estimate of drug-likeness (QED) is 0.608. The highest BCUT2D eigenvalue weighted by molar-refractivity contribution is 6.29. The van der Waals surface area contributed by atoms with Gasteiger partial charge >= 0.3 is 15.7 Å². The molecule has 0 radical (unpaired) electrons. The van der Waals surface area contributed by atoms with Crippen LogP contribution < -0.4 is 8.60 Å². The SMILES string of the molecule is CC(C)(C)[NH][AlH][NH]C(C)(C)C. The number of nitrogens with one attached hydrogen (secondary N) is 2. The van der Waals surface area contributed by atoms with Crippen molar-refractivity contribution >= 4 is 15.7 Å². The summed E-state index contributed by atoms with van der Waals surface area (Å²) in [5, 5.41) is 0. The normalized spacial score (nSPS) is 13.3. The van der Waals surface area contributed by atoms with Gasteiger partial charge in [0.2, 0.25) is 0 Å². The molecule has 11 heavy (non-hydrogen) atoms. The molecule has 0 unspecified atom stereocenters. The lowest BCUT2D eigenvalue weighted by molar-refractivity contribution is 0.485. The molecule has 2 nitrogen and oxygen atoms in total. The van der Waals surface area contributed by atoms with E-state index in [-0.39, 0.29) is 26.7 Å². The van der Waals surface area contributed by atoms with Gasteiger partial charge in [0.25, 0.3) is 0 Å². The fraction of sp³-hybridized carbons (Fsp3) is 1.00.